The molecule has 0 aliphatic carbocycles. The molecule has 0 atom stereocenters. The summed E-state index contributed by atoms with van der Waals surface area (Å²) < 4.78 is 54.3. The Balaban J connectivity index is 2.42. The summed E-state index contributed by atoms with van der Waals surface area (Å²) in [6, 6.07) is 3.63. The lowest BCUT2D eigenvalue weighted by molar-refractivity contribution is -0.107. The van der Waals surface area contributed by atoms with Crippen LogP contribution in [0.2, 0.25) is 0 Å². The molecule has 13 heavy (non-hydrogen) atoms. The van der Waals surface area contributed by atoms with Crippen molar-refractivity contribution in [3.63, 3.8) is 0 Å². The SMILES string of the molecule is [2H]C1([2H])Oc2ccc(C([2H])([2H])C([2H])([2H])C=O)cc2O1. The predicted octanol–water partition coefficient (Wildman–Crippen LogP) is 1.55. The molecule has 0 fully saturated rings. The third kappa shape index (κ3) is 1.64. The van der Waals surface area contributed by atoms with E-state index in [-0.39, 0.29) is 23.3 Å². The summed E-state index contributed by atoms with van der Waals surface area (Å²) in [4.78, 5) is 10.7. The van der Waals surface area contributed by atoms with Gasteiger partial charge in [-0.2, -0.15) is 0 Å². The first kappa shape index (κ1) is 3.70. The zero-order chi connectivity index (χ0) is 14.5. The highest BCUT2D eigenvalue weighted by Gasteiger charge is 2.12. The average molecular weight is 184 g/mol. The fourth-order valence-corrected chi connectivity index (χ4v) is 0.973. The van der Waals surface area contributed by atoms with Crippen LogP contribution in [0.3, 0.4) is 0 Å². The van der Waals surface area contributed by atoms with Crippen LogP contribution >= 0.6 is 0 Å². The Morgan fingerprint density at radius 3 is 3.23 bits per heavy atom. The monoisotopic (exact) mass is 184 g/mol. The summed E-state index contributed by atoms with van der Waals surface area (Å²) in [5, 5.41) is 0. The fraction of sp³-hybridized carbons (Fsp3) is 0.300. The zero-order valence-corrected chi connectivity index (χ0v) is 6.53. The standard InChI is InChI=1S/C10H10O3/c11-5-1-2-8-3-4-9-10(6-8)13-7-12-9/h3-6H,1-2,7H2/i1D2,2D2,7D2. The second kappa shape index (κ2) is 3.47. The van der Waals surface area contributed by atoms with Crippen molar-refractivity contribution in [3.05, 3.63) is 23.8 Å². The smallest absolute Gasteiger partial charge is 0.231 e. The molecule has 1 aromatic rings. The minimum absolute atomic E-state index is 0.0342. The van der Waals surface area contributed by atoms with Crippen molar-refractivity contribution in [2.45, 2.75) is 12.7 Å². The normalized spacial score (nSPS) is 25.8. The van der Waals surface area contributed by atoms with E-state index in [4.69, 9.17) is 17.7 Å². The number of aldehydes is 1. The summed E-state index contributed by atoms with van der Waals surface area (Å²) in [7, 11) is 0. The van der Waals surface area contributed by atoms with Crippen LogP contribution < -0.4 is 9.47 Å². The largest absolute Gasteiger partial charge is 0.454 e. The first-order chi connectivity index (χ1) is 8.59. The van der Waals surface area contributed by atoms with E-state index < -0.39 is 19.5 Å². The Labute approximate surface area is 84.7 Å². The summed E-state index contributed by atoms with van der Waals surface area (Å²) in [5.41, 5.74) is -0.135. The molecule has 2 rings (SSSR count). The average Bonchev–Trinajstić information content (AvgIpc) is 2.61. The van der Waals surface area contributed by atoms with Gasteiger partial charge in [-0.1, -0.05) is 6.07 Å². The van der Waals surface area contributed by atoms with Crippen LogP contribution in [0, 0.1) is 0 Å². The van der Waals surface area contributed by atoms with E-state index >= 15 is 0 Å². The Hall–Kier alpha value is -1.51. The van der Waals surface area contributed by atoms with Gasteiger partial charge in [-0.05, 0) is 24.1 Å². The lowest BCUT2D eigenvalue weighted by Gasteiger charge is -1.99. The maximum Gasteiger partial charge on any atom is 0.231 e. The van der Waals surface area contributed by atoms with E-state index in [9.17, 15) is 4.79 Å². The number of fused-ring (bicyclic) bond motifs is 1. The van der Waals surface area contributed by atoms with Crippen molar-refractivity contribution in [1.82, 2.24) is 0 Å². The second-order valence-electron chi connectivity index (χ2n) is 2.34. The van der Waals surface area contributed by atoms with Gasteiger partial charge >= 0.3 is 0 Å². The van der Waals surface area contributed by atoms with Crippen LogP contribution in [0.4, 0.5) is 0 Å². The van der Waals surface area contributed by atoms with Crippen molar-refractivity contribution >= 4 is 6.29 Å². The van der Waals surface area contributed by atoms with Gasteiger partial charge in [0.25, 0.3) is 0 Å². The third-order valence-corrected chi connectivity index (χ3v) is 1.52. The van der Waals surface area contributed by atoms with Crippen LogP contribution in [-0.4, -0.2) is 13.0 Å². The van der Waals surface area contributed by atoms with E-state index in [0.29, 0.717) is 0 Å². The molecule has 68 valence electrons. The van der Waals surface area contributed by atoms with Gasteiger partial charge in [0.2, 0.25) is 6.75 Å². The molecular weight excluding hydrogens is 168 g/mol. The molecule has 0 bridgehead atoms. The molecule has 0 radical (unpaired) electrons. The molecule has 3 nitrogen and oxygen atoms in total. The first-order valence-corrected chi connectivity index (χ1v) is 3.58. The fourth-order valence-electron chi connectivity index (χ4n) is 0.973. The van der Waals surface area contributed by atoms with Gasteiger partial charge in [-0.15, -0.1) is 0 Å². The van der Waals surface area contributed by atoms with Crippen molar-refractivity contribution < 1.29 is 22.5 Å². The van der Waals surface area contributed by atoms with E-state index in [1.54, 1.807) is 0 Å². The number of carbonyl (C=O) groups is 1. The van der Waals surface area contributed by atoms with E-state index in [2.05, 4.69) is 0 Å². The highest BCUT2D eigenvalue weighted by Crippen LogP contribution is 2.32. The summed E-state index contributed by atoms with van der Waals surface area (Å²) in [6.07, 6.45) is -5.38. The van der Waals surface area contributed by atoms with Gasteiger partial charge < -0.3 is 14.3 Å². The van der Waals surface area contributed by atoms with E-state index in [1.807, 2.05) is 0 Å². The molecule has 1 heterocycles. The van der Waals surface area contributed by atoms with Crippen molar-refractivity contribution in [1.29, 1.82) is 0 Å². The number of benzene rings is 1. The molecule has 0 N–H and O–H groups in total. The van der Waals surface area contributed by atoms with Crippen LogP contribution in [0.15, 0.2) is 18.2 Å². The van der Waals surface area contributed by atoms with Gasteiger partial charge in [0.05, 0.1) is 0 Å². The maximum atomic E-state index is 10.7. The number of hydrogen-bond acceptors (Lipinski definition) is 3. The Morgan fingerprint density at radius 1 is 1.54 bits per heavy atom. The molecule has 0 saturated heterocycles. The molecule has 0 aromatic heterocycles. The van der Waals surface area contributed by atoms with Gasteiger partial charge in [0.15, 0.2) is 11.5 Å². The summed E-state index contributed by atoms with van der Waals surface area (Å²) in [6.45, 7) is -2.34. The number of carbonyl (C=O) groups excluding carboxylic acids is 1. The van der Waals surface area contributed by atoms with Gasteiger partial charge in [0.1, 0.15) is 9.03 Å². The molecule has 0 unspecified atom stereocenters. The van der Waals surface area contributed by atoms with Gasteiger partial charge in [0, 0.05) is 11.9 Å². The molecule has 3 heteroatoms. The van der Waals surface area contributed by atoms with Gasteiger partial charge in [-0.3, -0.25) is 0 Å². The van der Waals surface area contributed by atoms with Crippen molar-refractivity contribution in [3.8, 4) is 11.5 Å². The van der Waals surface area contributed by atoms with E-state index in [0.717, 1.165) is 6.07 Å². The highest BCUT2D eigenvalue weighted by atomic mass is 16.7. The van der Waals surface area contributed by atoms with Crippen LogP contribution in [0.1, 0.15) is 20.2 Å². The topological polar surface area (TPSA) is 35.5 Å². The molecule has 1 aliphatic heterocycles. The lowest BCUT2D eigenvalue weighted by atomic mass is 10.1. The Kier molecular flexibility index (Phi) is 0.988. The highest BCUT2D eigenvalue weighted by molar-refractivity contribution is 5.51. The van der Waals surface area contributed by atoms with Gasteiger partial charge in [-0.25, -0.2) is 0 Å². The molecule has 0 amide bonds. The quantitative estimate of drug-likeness (QED) is 0.668. The van der Waals surface area contributed by atoms with Crippen LogP contribution in [0.5, 0.6) is 11.5 Å². The number of hydrogen-bond donors (Lipinski definition) is 0. The second-order valence-corrected chi connectivity index (χ2v) is 2.34. The molecule has 0 spiro atoms. The predicted molar refractivity (Wildman–Crippen MR) is 47.0 cm³/mol. The van der Waals surface area contributed by atoms with E-state index in [1.165, 1.54) is 12.1 Å². The Morgan fingerprint density at radius 2 is 2.38 bits per heavy atom. The van der Waals surface area contributed by atoms with Crippen molar-refractivity contribution in [2.75, 3.05) is 6.75 Å². The molecule has 1 aliphatic rings. The van der Waals surface area contributed by atoms with Crippen LogP contribution in [0.25, 0.3) is 0 Å². The molecule has 1 aromatic carbocycles. The molecule has 0 saturated carbocycles. The minimum Gasteiger partial charge on any atom is -0.454 e. The maximum absolute atomic E-state index is 10.7. The summed E-state index contributed by atoms with van der Waals surface area (Å²) in [5.74, 6) is 0.0595. The Bertz CT molecular complexity index is 528. The summed E-state index contributed by atoms with van der Waals surface area (Å²) >= 11 is 0. The zero-order valence-electron chi connectivity index (χ0n) is 12.5. The minimum atomic E-state index is -2.71. The number of rotatable bonds is 3. The molecular formula is C10H10O3. The van der Waals surface area contributed by atoms with Crippen molar-refractivity contribution in [2.24, 2.45) is 0 Å². The number of aryl methyl sites for hydroxylation is 1. The first-order valence-electron chi connectivity index (χ1n) is 6.58. The number of ether oxygens (including phenoxy) is 2. The van der Waals surface area contributed by atoms with Crippen LogP contribution in [-0.2, 0) is 11.2 Å². The lowest BCUT2D eigenvalue weighted by Crippen LogP contribution is -1.93. The third-order valence-electron chi connectivity index (χ3n) is 1.52.